The number of rotatable bonds is 2. The Labute approximate surface area is 117 Å². The highest BCUT2D eigenvalue weighted by molar-refractivity contribution is 5.94. The van der Waals surface area contributed by atoms with Crippen LogP contribution in [0.2, 0.25) is 0 Å². The second-order valence-electron chi connectivity index (χ2n) is 4.83. The molecular formula is C17H16O3. The Balaban J connectivity index is 2.18. The lowest BCUT2D eigenvalue weighted by Gasteiger charge is -2.24. The molecule has 20 heavy (non-hydrogen) atoms. The van der Waals surface area contributed by atoms with E-state index < -0.39 is 0 Å². The minimum atomic E-state index is 0.232. The third kappa shape index (κ3) is 2.11. The molecule has 0 saturated carbocycles. The maximum absolute atomic E-state index is 9.68. The molecule has 0 fully saturated rings. The zero-order chi connectivity index (χ0) is 14.1. The van der Waals surface area contributed by atoms with Crippen molar-refractivity contribution in [3.63, 3.8) is 0 Å². The van der Waals surface area contributed by atoms with Gasteiger partial charge in [0.15, 0.2) is 0 Å². The molecule has 2 aromatic carbocycles. The highest BCUT2D eigenvalue weighted by Gasteiger charge is 2.20. The first-order chi connectivity index (χ1) is 9.69. The van der Waals surface area contributed by atoms with Crippen molar-refractivity contribution in [2.24, 2.45) is 0 Å². The molecule has 1 aliphatic heterocycles. The summed E-state index contributed by atoms with van der Waals surface area (Å²) in [7, 11) is 0. The largest absolute Gasteiger partial charge is 0.508 e. The van der Waals surface area contributed by atoms with Gasteiger partial charge in [0.2, 0.25) is 0 Å². The fourth-order valence-corrected chi connectivity index (χ4v) is 2.63. The predicted octanol–water partition coefficient (Wildman–Crippen LogP) is 3.81. The number of phenolic OH excluding ortho intramolecular Hbond substituents is 2. The predicted molar refractivity (Wildman–Crippen MR) is 78.8 cm³/mol. The lowest BCUT2D eigenvalue weighted by atomic mass is 9.91. The van der Waals surface area contributed by atoms with E-state index in [1.54, 1.807) is 30.3 Å². The summed E-state index contributed by atoms with van der Waals surface area (Å²) in [5, 5.41) is 19.3. The molecule has 1 aliphatic rings. The number of fused-ring (bicyclic) bond motifs is 1. The van der Waals surface area contributed by atoms with Crippen molar-refractivity contribution >= 4 is 11.1 Å². The summed E-state index contributed by atoms with van der Waals surface area (Å²) in [4.78, 5) is 0. The van der Waals surface area contributed by atoms with Crippen LogP contribution in [0.4, 0.5) is 0 Å². The summed E-state index contributed by atoms with van der Waals surface area (Å²) < 4.78 is 5.77. The van der Waals surface area contributed by atoms with Gasteiger partial charge in [-0.25, -0.2) is 0 Å². The van der Waals surface area contributed by atoms with Gasteiger partial charge in [0.1, 0.15) is 23.9 Å². The molecule has 0 atom stereocenters. The molecule has 0 saturated heterocycles. The van der Waals surface area contributed by atoms with Crippen LogP contribution in [0.15, 0.2) is 42.5 Å². The third-order valence-corrected chi connectivity index (χ3v) is 3.57. The average molecular weight is 268 g/mol. The number of hydrogen-bond donors (Lipinski definition) is 2. The number of hydrogen-bond acceptors (Lipinski definition) is 3. The molecule has 0 amide bonds. The van der Waals surface area contributed by atoms with E-state index in [4.69, 9.17) is 4.74 Å². The Morgan fingerprint density at radius 2 is 1.85 bits per heavy atom. The minimum Gasteiger partial charge on any atom is -0.508 e. The molecule has 0 unspecified atom stereocenters. The average Bonchev–Trinajstić information content (AvgIpc) is 2.45. The van der Waals surface area contributed by atoms with E-state index in [0.29, 0.717) is 6.61 Å². The fourth-order valence-electron chi connectivity index (χ4n) is 2.63. The summed E-state index contributed by atoms with van der Waals surface area (Å²) >= 11 is 0. The van der Waals surface area contributed by atoms with Crippen molar-refractivity contribution in [2.75, 3.05) is 6.61 Å². The van der Waals surface area contributed by atoms with Gasteiger partial charge in [-0.05, 0) is 47.9 Å². The zero-order valence-electron chi connectivity index (χ0n) is 11.3. The smallest absolute Gasteiger partial charge is 0.127 e. The van der Waals surface area contributed by atoms with Gasteiger partial charge < -0.3 is 14.9 Å². The second-order valence-corrected chi connectivity index (χ2v) is 4.83. The van der Waals surface area contributed by atoms with Crippen LogP contribution < -0.4 is 4.74 Å². The molecule has 2 aromatic rings. The summed E-state index contributed by atoms with van der Waals surface area (Å²) in [6.07, 6.45) is 0.838. The van der Waals surface area contributed by atoms with E-state index in [2.05, 4.69) is 6.92 Å². The van der Waals surface area contributed by atoms with E-state index in [0.717, 1.165) is 34.4 Å². The molecule has 102 valence electrons. The molecule has 0 radical (unpaired) electrons. The number of allylic oxidation sites excluding steroid dienone is 1. The lowest BCUT2D eigenvalue weighted by Crippen LogP contribution is -2.10. The molecule has 0 spiro atoms. The van der Waals surface area contributed by atoms with Crippen LogP contribution in [0, 0.1) is 0 Å². The summed E-state index contributed by atoms with van der Waals surface area (Å²) in [6.45, 7) is 2.56. The van der Waals surface area contributed by atoms with Crippen LogP contribution in [0.3, 0.4) is 0 Å². The molecular weight excluding hydrogens is 252 g/mol. The fraction of sp³-hybridized carbons (Fsp3) is 0.176. The van der Waals surface area contributed by atoms with Crippen molar-refractivity contribution < 1.29 is 14.9 Å². The van der Waals surface area contributed by atoms with Gasteiger partial charge >= 0.3 is 0 Å². The molecule has 3 nitrogen and oxygen atoms in total. The molecule has 3 heteroatoms. The van der Waals surface area contributed by atoms with Gasteiger partial charge in [-0.3, -0.25) is 0 Å². The maximum Gasteiger partial charge on any atom is 0.127 e. The topological polar surface area (TPSA) is 49.7 Å². The molecule has 0 bridgehead atoms. The normalized spacial score (nSPS) is 13.8. The van der Waals surface area contributed by atoms with Crippen LogP contribution in [0.1, 0.15) is 24.5 Å². The maximum atomic E-state index is 9.68. The number of phenols is 2. The molecule has 3 rings (SSSR count). The van der Waals surface area contributed by atoms with Gasteiger partial charge in [-0.1, -0.05) is 19.1 Å². The third-order valence-electron chi connectivity index (χ3n) is 3.57. The highest BCUT2D eigenvalue weighted by atomic mass is 16.5. The molecule has 0 aromatic heterocycles. The number of ether oxygens (including phenoxy) is 1. The Bertz CT molecular complexity index is 686. The van der Waals surface area contributed by atoms with Crippen LogP contribution in [-0.2, 0) is 0 Å². The Morgan fingerprint density at radius 3 is 2.60 bits per heavy atom. The van der Waals surface area contributed by atoms with Crippen molar-refractivity contribution in [3.05, 3.63) is 53.6 Å². The van der Waals surface area contributed by atoms with E-state index in [1.807, 2.05) is 12.1 Å². The Morgan fingerprint density at radius 1 is 1.05 bits per heavy atom. The zero-order valence-corrected chi connectivity index (χ0v) is 11.3. The Hall–Kier alpha value is -2.42. The second kappa shape index (κ2) is 4.93. The van der Waals surface area contributed by atoms with Gasteiger partial charge in [0.05, 0.1) is 0 Å². The van der Waals surface area contributed by atoms with Gasteiger partial charge in [0.25, 0.3) is 0 Å². The Kier molecular flexibility index (Phi) is 3.11. The summed E-state index contributed by atoms with van der Waals surface area (Å²) in [6, 6.07) is 12.3. The lowest BCUT2D eigenvalue weighted by molar-refractivity contribution is 0.363. The first-order valence-corrected chi connectivity index (χ1v) is 6.66. The van der Waals surface area contributed by atoms with Crippen LogP contribution in [0.25, 0.3) is 11.1 Å². The van der Waals surface area contributed by atoms with Crippen molar-refractivity contribution in [2.45, 2.75) is 13.3 Å². The van der Waals surface area contributed by atoms with E-state index in [1.165, 1.54) is 0 Å². The molecule has 2 N–H and O–H groups in total. The molecule has 0 aliphatic carbocycles. The van der Waals surface area contributed by atoms with Crippen molar-refractivity contribution in [1.29, 1.82) is 0 Å². The van der Waals surface area contributed by atoms with E-state index >= 15 is 0 Å². The van der Waals surface area contributed by atoms with Crippen LogP contribution >= 0.6 is 0 Å². The number of benzene rings is 2. The first-order valence-electron chi connectivity index (χ1n) is 6.66. The van der Waals surface area contributed by atoms with Gasteiger partial charge in [0, 0.05) is 11.1 Å². The van der Waals surface area contributed by atoms with E-state index in [-0.39, 0.29) is 11.5 Å². The summed E-state index contributed by atoms with van der Waals surface area (Å²) in [5.74, 6) is 1.27. The van der Waals surface area contributed by atoms with Crippen LogP contribution in [0.5, 0.6) is 17.2 Å². The summed E-state index contributed by atoms with van der Waals surface area (Å²) in [5.41, 5.74) is 4.09. The van der Waals surface area contributed by atoms with Crippen LogP contribution in [-0.4, -0.2) is 16.8 Å². The first kappa shape index (κ1) is 12.6. The van der Waals surface area contributed by atoms with Crippen molar-refractivity contribution in [1.82, 2.24) is 0 Å². The minimum absolute atomic E-state index is 0.232. The quantitative estimate of drug-likeness (QED) is 0.870. The monoisotopic (exact) mass is 268 g/mol. The number of aromatic hydroxyl groups is 2. The van der Waals surface area contributed by atoms with E-state index in [9.17, 15) is 10.2 Å². The highest BCUT2D eigenvalue weighted by Crippen LogP contribution is 2.40. The SMILES string of the molecule is CCC1=C(c2cccc(O)c2)COc2ccc(O)cc21. The van der Waals surface area contributed by atoms with Crippen molar-refractivity contribution in [3.8, 4) is 17.2 Å². The van der Waals surface area contributed by atoms with Gasteiger partial charge in [-0.2, -0.15) is 0 Å². The standard InChI is InChI=1S/C17H16O3/c1-2-14-15-9-13(19)6-7-17(15)20-10-16(14)11-4-3-5-12(18)8-11/h3-9,18-19H,2,10H2,1H3. The molecule has 1 heterocycles. The van der Waals surface area contributed by atoms with Gasteiger partial charge in [-0.15, -0.1) is 0 Å².